The van der Waals surface area contributed by atoms with E-state index in [9.17, 15) is 9.59 Å². The van der Waals surface area contributed by atoms with Crippen molar-refractivity contribution in [2.75, 3.05) is 0 Å². The minimum Gasteiger partial charge on any atom is -0.389 e. The smallest absolute Gasteiger partial charge is 0.346 e. The number of esters is 2. The summed E-state index contributed by atoms with van der Waals surface area (Å²) in [6.07, 6.45) is 2.18. The molecular weight excluding hydrogens is 192 g/mol. The lowest BCUT2D eigenvalue weighted by atomic mass is 9.98. The van der Waals surface area contributed by atoms with Crippen LogP contribution in [0.25, 0.3) is 0 Å². The Morgan fingerprint density at radius 1 is 1.33 bits per heavy atom. The van der Waals surface area contributed by atoms with E-state index in [-0.39, 0.29) is 6.42 Å². The summed E-state index contributed by atoms with van der Waals surface area (Å²) in [7, 11) is 0. The summed E-state index contributed by atoms with van der Waals surface area (Å²) in [6.45, 7) is 2.08. The summed E-state index contributed by atoms with van der Waals surface area (Å²) in [4.78, 5) is 22.4. The fourth-order valence-corrected chi connectivity index (χ4v) is 1.76. The molecule has 0 fully saturated rings. The van der Waals surface area contributed by atoms with Gasteiger partial charge in [-0.05, 0) is 23.6 Å². The molecule has 1 aliphatic heterocycles. The molecule has 0 unspecified atom stereocenters. The summed E-state index contributed by atoms with van der Waals surface area (Å²) in [6, 6.07) is 5.64. The number of aryl methyl sites for hydroxylation is 1. The highest BCUT2D eigenvalue weighted by Crippen LogP contribution is 2.19. The maximum Gasteiger partial charge on any atom is 0.346 e. The van der Waals surface area contributed by atoms with Crippen molar-refractivity contribution in [3.8, 4) is 0 Å². The van der Waals surface area contributed by atoms with Crippen molar-refractivity contribution >= 4 is 11.9 Å². The molecule has 1 heterocycles. The van der Waals surface area contributed by atoms with Crippen LogP contribution < -0.4 is 0 Å². The van der Waals surface area contributed by atoms with Crippen LogP contribution in [0.2, 0.25) is 0 Å². The van der Waals surface area contributed by atoms with Crippen molar-refractivity contribution in [3.05, 3.63) is 34.9 Å². The molecule has 0 atom stereocenters. The van der Waals surface area contributed by atoms with Gasteiger partial charge in [-0.1, -0.05) is 25.5 Å². The van der Waals surface area contributed by atoms with Crippen LogP contribution in [0.3, 0.4) is 0 Å². The van der Waals surface area contributed by atoms with Gasteiger partial charge in [0, 0.05) is 0 Å². The van der Waals surface area contributed by atoms with Crippen LogP contribution in [0.1, 0.15) is 34.8 Å². The van der Waals surface area contributed by atoms with E-state index < -0.39 is 11.9 Å². The second kappa shape index (κ2) is 3.85. The summed E-state index contributed by atoms with van der Waals surface area (Å²) < 4.78 is 4.57. The molecule has 0 aliphatic carbocycles. The third kappa shape index (κ3) is 1.91. The Hall–Kier alpha value is -1.64. The molecular formula is C12H12O3. The minimum absolute atomic E-state index is 0.202. The van der Waals surface area contributed by atoms with Crippen LogP contribution in [0, 0.1) is 0 Å². The minimum atomic E-state index is -0.515. The lowest BCUT2D eigenvalue weighted by Gasteiger charge is -2.14. The molecule has 0 N–H and O–H groups in total. The van der Waals surface area contributed by atoms with Crippen molar-refractivity contribution in [2.45, 2.75) is 26.2 Å². The first-order valence-electron chi connectivity index (χ1n) is 5.07. The van der Waals surface area contributed by atoms with E-state index in [1.54, 1.807) is 0 Å². The van der Waals surface area contributed by atoms with Gasteiger partial charge in [0.2, 0.25) is 0 Å². The Morgan fingerprint density at radius 2 is 2.13 bits per heavy atom. The number of rotatable bonds is 2. The van der Waals surface area contributed by atoms with Gasteiger partial charge in [-0.25, -0.2) is 4.79 Å². The zero-order valence-electron chi connectivity index (χ0n) is 8.58. The van der Waals surface area contributed by atoms with Gasteiger partial charge in [0.25, 0.3) is 0 Å². The highest BCUT2D eigenvalue weighted by molar-refractivity contribution is 6.02. The number of cyclic esters (lactones) is 2. The number of fused-ring (bicyclic) bond motifs is 1. The maximum absolute atomic E-state index is 11.4. The van der Waals surface area contributed by atoms with Gasteiger partial charge in [-0.3, -0.25) is 4.79 Å². The summed E-state index contributed by atoms with van der Waals surface area (Å²) in [5, 5.41) is 0. The Morgan fingerprint density at radius 3 is 2.87 bits per heavy atom. The molecule has 1 aromatic carbocycles. The molecule has 1 aliphatic rings. The van der Waals surface area contributed by atoms with Crippen LogP contribution in [-0.4, -0.2) is 11.9 Å². The van der Waals surface area contributed by atoms with Crippen LogP contribution in [0.5, 0.6) is 0 Å². The third-order valence-corrected chi connectivity index (χ3v) is 2.47. The van der Waals surface area contributed by atoms with Crippen molar-refractivity contribution < 1.29 is 14.3 Å². The first-order valence-corrected chi connectivity index (χ1v) is 5.07. The molecule has 0 radical (unpaired) electrons. The van der Waals surface area contributed by atoms with Gasteiger partial charge >= 0.3 is 11.9 Å². The van der Waals surface area contributed by atoms with Gasteiger partial charge in [-0.15, -0.1) is 0 Å². The van der Waals surface area contributed by atoms with Crippen LogP contribution in [0.15, 0.2) is 18.2 Å². The molecule has 0 saturated heterocycles. The predicted octanol–water partition coefficient (Wildman–Crippen LogP) is 1.88. The Balaban J connectivity index is 2.39. The Bertz CT molecular complexity index is 421. The van der Waals surface area contributed by atoms with E-state index in [1.807, 2.05) is 18.2 Å². The number of benzene rings is 1. The molecule has 1 aromatic rings. The topological polar surface area (TPSA) is 43.4 Å². The van der Waals surface area contributed by atoms with Crippen molar-refractivity contribution in [1.82, 2.24) is 0 Å². The molecule has 0 saturated carbocycles. The lowest BCUT2D eigenvalue weighted by Crippen LogP contribution is -2.22. The first kappa shape index (κ1) is 9.90. The van der Waals surface area contributed by atoms with Gasteiger partial charge in [0.15, 0.2) is 0 Å². The number of hydrogen-bond donors (Lipinski definition) is 0. The zero-order chi connectivity index (χ0) is 10.8. The standard InChI is InChI=1S/C12H12O3/c1-2-3-8-4-5-9-7-11(13)15-12(14)10(9)6-8/h4-6H,2-3,7H2,1H3. The average Bonchev–Trinajstić information content (AvgIpc) is 2.19. The molecule has 3 nitrogen and oxygen atoms in total. The quantitative estimate of drug-likeness (QED) is 0.545. The summed E-state index contributed by atoms with van der Waals surface area (Å²) >= 11 is 0. The molecule has 15 heavy (non-hydrogen) atoms. The predicted molar refractivity (Wildman–Crippen MR) is 54.6 cm³/mol. The van der Waals surface area contributed by atoms with Crippen molar-refractivity contribution in [2.24, 2.45) is 0 Å². The van der Waals surface area contributed by atoms with Crippen molar-refractivity contribution in [1.29, 1.82) is 0 Å². The highest BCUT2D eigenvalue weighted by atomic mass is 16.6. The molecule has 0 bridgehead atoms. The molecule has 0 amide bonds. The second-order valence-electron chi connectivity index (χ2n) is 3.68. The van der Waals surface area contributed by atoms with E-state index in [2.05, 4.69) is 11.7 Å². The largest absolute Gasteiger partial charge is 0.389 e. The van der Waals surface area contributed by atoms with Gasteiger partial charge in [0.05, 0.1) is 12.0 Å². The summed E-state index contributed by atoms with van der Waals surface area (Å²) in [5.74, 6) is -0.977. The SMILES string of the molecule is CCCc1ccc2c(c1)C(=O)OC(=O)C2. The fraction of sp³-hybridized carbons (Fsp3) is 0.333. The van der Waals surface area contributed by atoms with E-state index in [4.69, 9.17) is 0 Å². The third-order valence-electron chi connectivity index (χ3n) is 2.47. The fourth-order valence-electron chi connectivity index (χ4n) is 1.76. The normalized spacial score (nSPS) is 14.7. The maximum atomic E-state index is 11.4. The first-order chi connectivity index (χ1) is 7.20. The van der Waals surface area contributed by atoms with Crippen LogP contribution in [0.4, 0.5) is 0 Å². The number of carbonyl (C=O) groups excluding carboxylic acids is 2. The van der Waals surface area contributed by atoms with E-state index in [1.165, 1.54) is 0 Å². The molecule has 3 heteroatoms. The van der Waals surface area contributed by atoms with Crippen LogP contribution in [-0.2, 0) is 22.4 Å². The van der Waals surface area contributed by atoms with Gasteiger partial charge in [-0.2, -0.15) is 0 Å². The Labute approximate surface area is 88.1 Å². The summed E-state index contributed by atoms with van der Waals surface area (Å²) in [5.41, 5.74) is 2.43. The monoisotopic (exact) mass is 204 g/mol. The lowest BCUT2D eigenvalue weighted by molar-refractivity contribution is -0.137. The van der Waals surface area contributed by atoms with E-state index in [0.29, 0.717) is 5.56 Å². The number of carbonyl (C=O) groups is 2. The number of hydrogen-bond acceptors (Lipinski definition) is 3. The van der Waals surface area contributed by atoms with E-state index in [0.717, 1.165) is 24.0 Å². The molecule has 0 aromatic heterocycles. The zero-order valence-corrected chi connectivity index (χ0v) is 8.58. The van der Waals surface area contributed by atoms with Crippen LogP contribution >= 0.6 is 0 Å². The average molecular weight is 204 g/mol. The van der Waals surface area contributed by atoms with Gasteiger partial charge < -0.3 is 4.74 Å². The van der Waals surface area contributed by atoms with Crippen molar-refractivity contribution in [3.63, 3.8) is 0 Å². The number of ether oxygens (including phenoxy) is 1. The highest BCUT2D eigenvalue weighted by Gasteiger charge is 2.24. The second-order valence-corrected chi connectivity index (χ2v) is 3.68. The molecule has 78 valence electrons. The van der Waals surface area contributed by atoms with Gasteiger partial charge in [0.1, 0.15) is 0 Å². The van der Waals surface area contributed by atoms with E-state index >= 15 is 0 Å². The Kier molecular flexibility index (Phi) is 2.54. The molecule has 2 rings (SSSR count). The molecule has 0 spiro atoms.